The molecule has 0 aliphatic heterocycles. The second-order valence-corrected chi connectivity index (χ2v) is 2.92. The van der Waals surface area contributed by atoms with Gasteiger partial charge in [0.25, 0.3) is 11.6 Å². The van der Waals surface area contributed by atoms with Gasteiger partial charge in [0.1, 0.15) is 0 Å². The first kappa shape index (κ1) is 12.6. The quantitative estimate of drug-likeness (QED) is 0.565. The molecule has 0 aromatic heterocycles. The standard InChI is InChI=1S/C9H8N2O6/c12-8(13)5-17-10-9(14)6-1-3-7(4-2-6)11(15)16/h1-4H,5H2,(H,10,14)(H,12,13). The maximum atomic E-state index is 11.3. The summed E-state index contributed by atoms with van der Waals surface area (Å²) in [6.45, 7) is -0.668. The largest absolute Gasteiger partial charge is 0.479 e. The van der Waals surface area contributed by atoms with Gasteiger partial charge in [0, 0.05) is 17.7 Å². The molecular weight excluding hydrogens is 232 g/mol. The number of nitrogens with one attached hydrogen (secondary N) is 1. The molecule has 17 heavy (non-hydrogen) atoms. The van der Waals surface area contributed by atoms with Gasteiger partial charge in [0.05, 0.1) is 4.92 Å². The van der Waals surface area contributed by atoms with Crippen molar-refractivity contribution in [3.63, 3.8) is 0 Å². The van der Waals surface area contributed by atoms with E-state index in [1.165, 1.54) is 12.1 Å². The van der Waals surface area contributed by atoms with Crippen LogP contribution in [0, 0.1) is 10.1 Å². The summed E-state index contributed by atoms with van der Waals surface area (Å²) in [6, 6.07) is 4.79. The highest BCUT2D eigenvalue weighted by atomic mass is 16.7. The minimum absolute atomic E-state index is 0.126. The molecule has 1 aromatic rings. The van der Waals surface area contributed by atoms with Crippen LogP contribution in [0.3, 0.4) is 0 Å². The minimum Gasteiger partial charge on any atom is -0.479 e. The van der Waals surface area contributed by atoms with Crippen molar-refractivity contribution in [2.75, 3.05) is 6.61 Å². The lowest BCUT2D eigenvalue weighted by Crippen LogP contribution is -2.26. The van der Waals surface area contributed by atoms with Crippen LogP contribution < -0.4 is 5.48 Å². The number of rotatable bonds is 5. The van der Waals surface area contributed by atoms with E-state index in [4.69, 9.17) is 5.11 Å². The van der Waals surface area contributed by atoms with Crippen molar-refractivity contribution in [2.45, 2.75) is 0 Å². The van der Waals surface area contributed by atoms with Crippen LogP contribution >= 0.6 is 0 Å². The first-order valence-electron chi connectivity index (χ1n) is 4.39. The van der Waals surface area contributed by atoms with E-state index in [0.29, 0.717) is 0 Å². The lowest BCUT2D eigenvalue weighted by molar-refractivity contribution is -0.384. The third-order valence-corrected chi connectivity index (χ3v) is 1.70. The number of amides is 1. The number of hydroxylamine groups is 1. The third kappa shape index (κ3) is 3.87. The SMILES string of the molecule is O=C(O)CONC(=O)c1ccc([N+](=O)[O-])cc1. The number of hydrogen-bond acceptors (Lipinski definition) is 5. The molecule has 0 heterocycles. The van der Waals surface area contributed by atoms with E-state index >= 15 is 0 Å². The average molecular weight is 240 g/mol. The summed E-state index contributed by atoms with van der Waals surface area (Å²) in [5.41, 5.74) is 1.87. The van der Waals surface area contributed by atoms with Crippen LogP contribution in [-0.2, 0) is 9.63 Å². The number of hydrogen-bond donors (Lipinski definition) is 2. The molecule has 0 spiro atoms. The van der Waals surface area contributed by atoms with Crippen LogP contribution in [0.2, 0.25) is 0 Å². The molecule has 0 unspecified atom stereocenters. The van der Waals surface area contributed by atoms with Crippen LogP contribution in [-0.4, -0.2) is 28.5 Å². The number of benzene rings is 1. The Morgan fingerprint density at radius 3 is 2.41 bits per heavy atom. The monoisotopic (exact) mass is 240 g/mol. The molecule has 90 valence electrons. The van der Waals surface area contributed by atoms with Crippen LogP contribution in [0.4, 0.5) is 5.69 Å². The Kier molecular flexibility index (Phi) is 4.12. The highest BCUT2D eigenvalue weighted by Crippen LogP contribution is 2.11. The average Bonchev–Trinajstić information content (AvgIpc) is 2.28. The molecule has 0 aliphatic rings. The number of nitro groups is 1. The molecule has 8 heteroatoms. The smallest absolute Gasteiger partial charge is 0.332 e. The number of aliphatic carboxylic acids is 1. The highest BCUT2D eigenvalue weighted by Gasteiger charge is 2.09. The van der Waals surface area contributed by atoms with E-state index in [2.05, 4.69) is 4.84 Å². The summed E-state index contributed by atoms with van der Waals surface area (Å²) < 4.78 is 0. The molecule has 8 nitrogen and oxygen atoms in total. The molecule has 0 fully saturated rings. The van der Waals surface area contributed by atoms with Crippen molar-refractivity contribution in [2.24, 2.45) is 0 Å². The minimum atomic E-state index is -1.23. The van der Waals surface area contributed by atoms with Gasteiger partial charge in [-0.25, -0.2) is 10.3 Å². The van der Waals surface area contributed by atoms with Gasteiger partial charge in [-0.3, -0.25) is 19.7 Å². The van der Waals surface area contributed by atoms with Gasteiger partial charge >= 0.3 is 5.97 Å². The number of non-ortho nitro benzene ring substituents is 1. The van der Waals surface area contributed by atoms with E-state index < -0.39 is 23.4 Å². The molecule has 0 atom stereocenters. The number of carbonyl (C=O) groups excluding carboxylic acids is 1. The maximum Gasteiger partial charge on any atom is 0.332 e. The first-order valence-corrected chi connectivity index (χ1v) is 4.39. The lowest BCUT2D eigenvalue weighted by atomic mass is 10.2. The maximum absolute atomic E-state index is 11.3. The van der Waals surface area contributed by atoms with E-state index in [0.717, 1.165) is 12.1 Å². The topological polar surface area (TPSA) is 119 Å². The summed E-state index contributed by atoms with van der Waals surface area (Å²) in [5, 5.41) is 18.6. The van der Waals surface area contributed by atoms with Crippen molar-refractivity contribution in [3.05, 3.63) is 39.9 Å². The zero-order valence-corrected chi connectivity index (χ0v) is 8.45. The van der Waals surface area contributed by atoms with Gasteiger partial charge in [0.2, 0.25) is 0 Å². The molecule has 0 saturated heterocycles. The fourth-order valence-electron chi connectivity index (χ4n) is 0.957. The fourth-order valence-corrected chi connectivity index (χ4v) is 0.957. The number of carboxylic acids is 1. The van der Waals surface area contributed by atoms with Crippen LogP contribution in [0.25, 0.3) is 0 Å². The number of nitrogens with zero attached hydrogens (tertiary/aromatic N) is 1. The van der Waals surface area contributed by atoms with Gasteiger partial charge < -0.3 is 5.11 Å². The summed E-state index contributed by atoms with van der Waals surface area (Å²) in [4.78, 5) is 35.5. The summed E-state index contributed by atoms with van der Waals surface area (Å²) in [5.74, 6) is -1.91. The zero-order valence-electron chi connectivity index (χ0n) is 8.45. The molecule has 1 rings (SSSR count). The molecule has 2 N–H and O–H groups in total. The summed E-state index contributed by atoms with van der Waals surface area (Å²) >= 11 is 0. The van der Waals surface area contributed by atoms with Gasteiger partial charge in [-0.05, 0) is 12.1 Å². The highest BCUT2D eigenvalue weighted by molar-refractivity contribution is 5.93. The molecule has 1 aromatic carbocycles. The van der Waals surface area contributed by atoms with Crippen LogP contribution in [0.5, 0.6) is 0 Å². The van der Waals surface area contributed by atoms with Crippen molar-refractivity contribution in [1.82, 2.24) is 5.48 Å². The Morgan fingerprint density at radius 1 is 1.35 bits per heavy atom. The number of nitro benzene ring substituents is 1. The predicted molar refractivity (Wildman–Crippen MR) is 54.2 cm³/mol. The number of carbonyl (C=O) groups is 2. The summed E-state index contributed by atoms with van der Waals surface area (Å²) in [7, 11) is 0. The molecule has 0 saturated carbocycles. The fraction of sp³-hybridized carbons (Fsp3) is 0.111. The second kappa shape index (κ2) is 5.56. The lowest BCUT2D eigenvalue weighted by Gasteiger charge is -2.03. The van der Waals surface area contributed by atoms with Crippen molar-refractivity contribution < 1.29 is 24.5 Å². The normalized spacial score (nSPS) is 9.65. The first-order chi connectivity index (χ1) is 8.00. The Bertz CT molecular complexity index is 441. The van der Waals surface area contributed by atoms with Crippen molar-refractivity contribution in [3.8, 4) is 0 Å². The number of carboxylic acid groups (broad SMARTS) is 1. The second-order valence-electron chi connectivity index (χ2n) is 2.92. The third-order valence-electron chi connectivity index (χ3n) is 1.70. The van der Waals surface area contributed by atoms with E-state index in [1.807, 2.05) is 5.48 Å². The Labute approximate surface area is 94.9 Å². The Hall–Kier alpha value is -2.48. The van der Waals surface area contributed by atoms with E-state index in [9.17, 15) is 19.7 Å². The van der Waals surface area contributed by atoms with Crippen LogP contribution in [0.15, 0.2) is 24.3 Å². The summed E-state index contributed by atoms with van der Waals surface area (Å²) in [6.07, 6.45) is 0. The molecule has 0 bridgehead atoms. The van der Waals surface area contributed by atoms with Gasteiger partial charge in [-0.1, -0.05) is 0 Å². The van der Waals surface area contributed by atoms with Crippen molar-refractivity contribution in [1.29, 1.82) is 0 Å². The molecule has 1 amide bonds. The Balaban J connectivity index is 2.57. The Morgan fingerprint density at radius 2 is 1.94 bits per heavy atom. The van der Waals surface area contributed by atoms with Crippen LogP contribution in [0.1, 0.15) is 10.4 Å². The molecular formula is C9H8N2O6. The predicted octanol–water partition coefficient (Wildman–Crippen LogP) is 0.341. The molecule has 0 aliphatic carbocycles. The van der Waals surface area contributed by atoms with Gasteiger partial charge in [0.15, 0.2) is 6.61 Å². The van der Waals surface area contributed by atoms with Crippen molar-refractivity contribution >= 4 is 17.6 Å². The van der Waals surface area contributed by atoms with E-state index in [-0.39, 0.29) is 11.3 Å². The van der Waals surface area contributed by atoms with Gasteiger partial charge in [-0.15, -0.1) is 0 Å². The molecule has 0 radical (unpaired) electrons. The van der Waals surface area contributed by atoms with E-state index in [1.54, 1.807) is 0 Å². The zero-order chi connectivity index (χ0) is 12.8. The van der Waals surface area contributed by atoms with Gasteiger partial charge in [-0.2, -0.15) is 0 Å².